The van der Waals surface area contributed by atoms with Crippen LogP contribution < -0.4 is 0 Å². The van der Waals surface area contributed by atoms with Crippen LogP contribution >= 0.6 is 0 Å². The van der Waals surface area contributed by atoms with Crippen molar-refractivity contribution in [1.29, 1.82) is 0 Å². The van der Waals surface area contributed by atoms with Gasteiger partial charge in [-0.2, -0.15) is 0 Å². The van der Waals surface area contributed by atoms with Crippen molar-refractivity contribution < 1.29 is 15.0 Å². The summed E-state index contributed by atoms with van der Waals surface area (Å²) in [5.41, 5.74) is 2.66. The maximum atomic E-state index is 12.6. The van der Waals surface area contributed by atoms with E-state index < -0.39 is 11.6 Å². The van der Waals surface area contributed by atoms with Crippen molar-refractivity contribution in [2.75, 3.05) is 0 Å². The van der Waals surface area contributed by atoms with Crippen molar-refractivity contribution in [1.82, 2.24) is 0 Å². The number of carboxylic acid groups (broad SMARTS) is 1. The molecule has 5 saturated carbocycles. The van der Waals surface area contributed by atoms with E-state index in [2.05, 4.69) is 55.0 Å². The van der Waals surface area contributed by atoms with Gasteiger partial charge < -0.3 is 10.2 Å². The molecule has 0 radical (unpaired) electrons. The molecular weight excluding hydrogens is 769 g/mol. The van der Waals surface area contributed by atoms with Gasteiger partial charge in [-0.15, -0.1) is 0 Å². The van der Waals surface area contributed by atoms with Gasteiger partial charge in [0, 0.05) is 6.42 Å². The topological polar surface area (TPSA) is 57.5 Å². The molecule has 5 fully saturated rings. The Morgan fingerprint density at radius 2 is 0.937 bits per heavy atom. The Balaban J connectivity index is 0.855. The SMILES string of the molecule is C=C(C)[C@@H]1CC[C@]2(C)CC[C@]3(C)[C@H](CC[C@@H]4[C@@]5(C)CCC(O)(CCCCCCCCCCCCCCCCCCCCCCCCCCCCCC(=O)O)C(C)(C)[C@@H]5CC[C@]43C)[C@@H]12. The molecule has 0 aliphatic heterocycles. The molecular formula is C60H108O3. The zero-order valence-corrected chi connectivity index (χ0v) is 43.5. The van der Waals surface area contributed by atoms with E-state index in [9.17, 15) is 9.90 Å². The van der Waals surface area contributed by atoms with Crippen molar-refractivity contribution in [3.05, 3.63) is 12.2 Å². The van der Waals surface area contributed by atoms with Crippen LogP contribution in [-0.2, 0) is 4.79 Å². The first kappa shape index (κ1) is 53.1. The molecule has 0 bridgehead atoms. The summed E-state index contributed by atoms with van der Waals surface area (Å²) >= 11 is 0. The van der Waals surface area contributed by atoms with E-state index in [4.69, 9.17) is 5.11 Å². The van der Waals surface area contributed by atoms with E-state index in [1.165, 1.54) is 224 Å². The average Bonchev–Trinajstić information content (AvgIpc) is 3.60. The minimum atomic E-state index is -0.650. The summed E-state index contributed by atoms with van der Waals surface area (Å²) in [7, 11) is 0. The Morgan fingerprint density at radius 1 is 0.492 bits per heavy atom. The molecule has 0 heterocycles. The molecule has 0 saturated heterocycles. The van der Waals surface area contributed by atoms with Crippen molar-refractivity contribution in [2.24, 2.45) is 56.7 Å². The summed E-state index contributed by atoms with van der Waals surface area (Å²) in [4.78, 5) is 10.6. The van der Waals surface area contributed by atoms with Crippen LogP contribution in [0.1, 0.15) is 299 Å². The molecule has 10 atom stereocenters. The summed E-state index contributed by atoms with van der Waals surface area (Å²) in [5, 5.41) is 21.3. The highest BCUT2D eigenvalue weighted by molar-refractivity contribution is 5.66. The molecule has 0 aromatic carbocycles. The lowest BCUT2D eigenvalue weighted by Crippen LogP contribution is -2.68. The minimum Gasteiger partial charge on any atom is -0.481 e. The van der Waals surface area contributed by atoms with Crippen molar-refractivity contribution >= 4 is 5.97 Å². The van der Waals surface area contributed by atoms with E-state index in [1.54, 1.807) is 0 Å². The van der Waals surface area contributed by atoms with E-state index in [0.717, 1.165) is 49.4 Å². The standard InChI is InChI=1S/C60H108O3/c1-48(2)49-39-42-56(5)44-46-58(7)50(54(49)56)37-38-52-57(6)45-47-60(63,55(3,4)51(57)40-43-59(52,58)8)41-35-33-31-29-27-25-23-21-19-17-15-13-11-9-10-12-14-16-18-20-22-24-26-28-30-32-34-36-53(61)62/h49-52,54,63H,1,9-47H2,2-8H3,(H,61,62)/t49-,50+,51-,52+,54+,56+,57-,58+,59+,60?/m0/s1. The molecule has 63 heavy (non-hydrogen) atoms. The molecule has 0 aromatic rings. The highest BCUT2D eigenvalue weighted by Gasteiger charge is 2.71. The number of hydrogen-bond acceptors (Lipinski definition) is 2. The number of carbonyl (C=O) groups is 1. The van der Waals surface area contributed by atoms with E-state index in [0.29, 0.717) is 34.0 Å². The number of aliphatic carboxylic acids is 1. The fourth-order valence-electron chi connectivity index (χ4n) is 17.1. The van der Waals surface area contributed by atoms with Gasteiger partial charge in [0.05, 0.1) is 5.60 Å². The van der Waals surface area contributed by atoms with Crippen LogP contribution in [-0.4, -0.2) is 21.8 Å². The summed E-state index contributed by atoms with van der Waals surface area (Å²) in [6.07, 6.45) is 51.5. The Bertz CT molecular complexity index is 1370. The molecule has 5 aliphatic rings. The molecule has 0 aromatic heterocycles. The summed E-state index contributed by atoms with van der Waals surface area (Å²) in [5.74, 6) is 3.20. The third-order valence-corrected chi connectivity index (χ3v) is 21.4. The maximum Gasteiger partial charge on any atom is 0.303 e. The van der Waals surface area contributed by atoms with Crippen molar-refractivity contribution in [3.63, 3.8) is 0 Å². The molecule has 3 heteroatoms. The Kier molecular flexibility index (Phi) is 20.6. The van der Waals surface area contributed by atoms with Crippen LogP contribution in [0.25, 0.3) is 0 Å². The van der Waals surface area contributed by atoms with Crippen molar-refractivity contribution in [2.45, 2.75) is 304 Å². The summed E-state index contributed by atoms with van der Waals surface area (Å²) in [6.45, 7) is 22.9. The van der Waals surface area contributed by atoms with Gasteiger partial charge in [0.2, 0.25) is 0 Å². The normalized spacial score (nSPS) is 35.7. The summed E-state index contributed by atoms with van der Waals surface area (Å²) < 4.78 is 0. The van der Waals surface area contributed by atoms with Gasteiger partial charge >= 0.3 is 5.97 Å². The van der Waals surface area contributed by atoms with Gasteiger partial charge in [0.15, 0.2) is 0 Å². The van der Waals surface area contributed by atoms with Gasteiger partial charge in [-0.05, 0) is 141 Å². The average molecular weight is 878 g/mol. The Hall–Kier alpha value is -0.830. The van der Waals surface area contributed by atoms with Crippen LogP contribution in [0.5, 0.6) is 0 Å². The lowest BCUT2D eigenvalue weighted by atomic mass is 9.31. The van der Waals surface area contributed by atoms with Crippen LogP contribution in [0.2, 0.25) is 0 Å². The number of hydrogen-bond donors (Lipinski definition) is 2. The van der Waals surface area contributed by atoms with Crippen molar-refractivity contribution in [3.8, 4) is 0 Å². The predicted octanol–water partition coefficient (Wildman–Crippen LogP) is 18.8. The van der Waals surface area contributed by atoms with Crippen LogP contribution in [0, 0.1) is 56.7 Å². The lowest BCUT2D eigenvalue weighted by Gasteiger charge is -2.73. The van der Waals surface area contributed by atoms with Gasteiger partial charge in [-0.1, -0.05) is 221 Å². The fourth-order valence-corrected chi connectivity index (χ4v) is 17.1. The fraction of sp³-hybridized carbons (Fsp3) is 0.950. The maximum absolute atomic E-state index is 12.6. The van der Waals surface area contributed by atoms with E-state index in [-0.39, 0.29) is 5.41 Å². The zero-order valence-electron chi connectivity index (χ0n) is 43.5. The molecule has 5 aliphatic carbocycles. The smallest absolute Gasteiger partial charge is 0.303 e. The monoisotopic (exact) mass is 877 g/mol. The second-order valence-corrected chi connectivity index (χ2v) is 25.5. The number of carboxylic acids is 1. The molecule has 3 nitrogen and oxygen atoms in total. The molecule has 366 valence electrons. The third-order valence-electron chi connectivity index (χ3n) is 21.4. The first-order valence-electron chi connectivity index (χ1n) is 28.7. The van der Waals surface area contributed by atoms with Gasteiger partial charge in [0.1, 0.15) is 0 Å². The Labute approximate surface area is 392 Å². The quantitative estimate of drug-likeness (QED) is 0.0539. The highest BCUT2D eigenvalue weighted by atomic mass is 16.4. The van der Waals surface area contributed by atoms with Gasteiger partial charge in [-0.3, -0.25) is 4.79 Å². The molecule has 2 N–H and O–H groups in total. The number of allylic oxidation sites excluding steroid dienone is 1. The number of aliphatic hydroxyl groups is 1. The first-order valence-corrected chi connectivity index (χ1v) is 28.7. The highest BCUT2D eigenvalue weighted by Crippen LogP contribution is 2.78. The number of unbranched alkanes of at least 4 members (excludes halogenated alkanes) is 26. The molecule has 0 spiro atoms. The van der Waals surface area contributed by atoms with Gasteiger partial charge in [0.25, 0.3) is 0 Å². The van der Waals surface area contributed by atoms with Gasteiger partial charge in [-0.25, -0.2) is 0 Å². The first-order chi connectivity index (χ1) is 30.1. The second-order valence-electron chi connectivity index (χ2n) is 25.5. The third kappa shape index (κ3) is 12.8. The van der Waals surface area contributed by atoms with E-state index >= 15 is 0 Å². The second kappa shape index (κ2) is 24.5. The molecule has 1 unspecified atom stereocenters. The van der Waals surface area contributed by atoms with Crippen LogP contribution in [0.3, 0.4) is 0 Å². The number of rotatable bonds is 31. The zero-order chi connectivity index (χ0) is 45.6. The van der Waals surface area contributed by atoms with Crippen LogP contribution in [0.15, 0.2) is 12.2 Å². The molecule has 5 rings (SSSR count). The largest absolute Gasteiger partial charge is 0.481 e. The summed E-state index contributed by atoms with van der Waals surface area (Å²) in [6, 6.07) is 0. The predicted molar refractivity (Wildman–Crippen MR) is 271 cm³/mol. The van der Waals surface area contributed by atoms with E-state index in [1.807, 2.05) is 0 Å². The minimum absolute atomic E-state index is 0.0168. The Morgan fingerprint density at radius 3 is 1.38 bits per heavy atom. The molecule has 0 amide bonds. The number of fused-ring (bicyclic) bond motifs is 7. The van der Waals surface area contributed by atoms with Crippen LogP contribution in [0.4, 0.5) is 0 Å². The lowest BCUT2D eigenvalue weighted by molar-refractivity contribution is -0.265.